The summed E-state index contributed by atoms with van der Waals surface area (Å²) >= 11 is 0. The highest BCUT2D eigenvalue weighted by Gasteiger charge is 2.17. The molecule has 0 unspecified atom stereocenters. The molecule has 0 bridgehead atoms. The largest absolute Gasteiger partial charge is 0.305 e. The van der Waals surface area contributed by atoms with Gasteiger partial charge in [-0.1, -0.05) is 58.8 Å². The van der Waals surface area contributed by atoms with E-state index < -0.39 is 0 Å². The molecule has 0 aromatic rings. The molecule has 1 rings (SSSR count). The fraction of sp³-hybridized carbons (Fsp3) is 1.00. The van der Waals surface area contributed by atoms with Crippen LogP contribution in [0.1, 0.15) is 71.6 Å². The van der Waals surface area contributed by atoms with E-state index in [4.69, 9.17) is 0 Å². The van der Waals surface area contributed by atoms with Crippen LogP contribution in [0.15, 0.2) is 0 Å². The van der Waals surface area contributed by atoms with Gasteiger partial charge in [0.25, 0.3) is 0 Å². The Bertz CT molecular complexity index is 195. The third-order valence-electron chi connectivity index (χ3n) is 4.81. The van der Waals surface area contributed by atoms with Gasteiger partial charge in [0.2, 0.25) is 0 Å². The zero-order valence-electron chi connectivity index (χ0n) is 13.7. The lowest BCUT2D eigenvalue weighted by atomic mass is 9.96. The SMILES string of the molecule is CCN(C)CCN(CC)C1CCCCCCCCC1. The van der Waals surface area contributed by atoms with Crippen LogP contribution in [0.3, 0.4) is 0 Å². The molecule has 0 radical (unpaired) electrons. The number of nitrogens with zero attached hydrogens (tertiary/aromatic N) is 2. The minimum atomic E-state index is 0.855. The molecule has 114 valence electrons. The number of rotatable bonds is 6. The van der Waals surface area contributed by atoms with Crippen LogP contribution in [0.5, 0.6) is 0 Å². The Morgan fingerprint density at radius 3 is 1.74 bits per heavy atom. The molecule has 1 fully saturated rings. The predicted octanol–water partition coefficient (Wildman–Crippen LogP) is 4.15. The van der Waals surface area contributed by atoms with Gasteiger partial charge < -0.3 is 4.90 Å². The maximum atomic E-state index is 2.74. The molecule has 0 saturated heterocycles. The van der Waals surface area contributed by atoms with Crippen molar-refractivity contribution in [3.8, 4) is 0 Å². The number of hydrogen-bond acceptors (Lipinski definition) is 2. The fourth-order valence-electron chi connectivity index (χ4n) is 3.21. The van der Waals surface area contributed by atoms with Crippen molar-refractivity contribution in [3.05, 3.63) is 0 Å². The topological polar surface area (TPSA) is 6.48 Å². The van der Waals surface area contributed by atoms with E-state index in [9.17, 15) is 0 Å². The molecule has 0 aliphatic heterocycles. The zero-order chi connectivity index (χ0) is 13.9. The molecule has 0 atom stereocenters. The zero-order valence-corrected chi connectivity index (χ0v) is 13.7. The normalized spacial score (nSPS) is 20.1. The van der Waals surface area contributed by atoms with E-state index in [-0.39, 0.29) is 0 Å². The van der Waals surface area contributed by atoms with Gasteiger partial charge in [0.05, 0.1) is 0 Å². The van der Waals surface area contributed by atoms with E-state index in [0.29, 0.717) is 0 Å². The van der Waals surface area contributed by atoms with Gasteiger partial charge in [-0.2, -0.15) is 0 Å². The summed E-state index contributed by atoms with van der Waals surface area (Å²) < 4.78 is 0. The summed E-state index contributed by atoms with van der Waals surface area (Å²) in [4.78, 5) is 5.18. The van der Waals surface area contributed by atoms with Gasteiger partial charge in [-0.15, -0.1) is 0 Å². The minimum absolute atomic E-state index is 0.855. The molecule has 0 aromatic heterocycles. The maximum absolute atomic E-state index is 2.74. The van der Waals surface area contributed by atoms with Crippen LogP contribution in [0, 0.1) is 0 Å². The van der Waals surface area contributed by atoms with E-state index in [1.807, 2.05) is 0 Å². The van der Waals surface area contributed by atoms with E-state index in [2.05, 4.69) is 30.7 Å². The number of likely N-dealkylation sites (N-methyl/N-ethyl adjacent to an activating group) is 2. The molecule has 0 heterocycles. The Labute approximate surface area is 121 Å². The van der Waals surface area contributed by atoms with Crippen molar-refractivity contribution in [3.63, 3.8) is 0 Å². The highest BCUT2D eigenvalue weighted by atomic mass is 15.2. The van der Waals surface area contributed by atoms with Gasteiger partial charge in [0.15, 0.2) is 0 Å². The van der Waals surface area contributed by atoms with Crippen molar-refractivity contribution < 1.29 is 0 Å². The molecule has 19 heavy (non-hydrogen) atoms. The van der Waals surface area contributed by atoms with E-state index in [1.165, 1.54) is 84.0 Å². The summed E-state index contributed by atoms with van der Waals surface area (Å²) in [6.07, 6.45) is 13.1. The predicted molar refractivity (Wildman–Crippen MR) is 85.8 cm³/mol. The Kier molecular flexibility index (Phi) is 9.54. The van der Waals surface area contributed by atoms with Crippen molar-refractivity contribution in [1.82, 2.24) is 9.80 Å². The molecule has 1 saturated carbocycles. The van der Waals surface area contributed by atoms with Gasteiger partial charge in [-0.05, 0) is 33.0 Å². The second-order valence-corrected chi connectivity index (χ2v) is 6.23. The molecule has 0 N–H and O–H groups in total. The van der Waals surface area contributed by atoms with Gasteiger partial charge in [0, 0.05) is 19.1 Å². The van der Waals surface area contributed by atoms with Crippen LogP contribution in [0.25, 0.3) is 0 Å². The van der Waals surface area contributed by atoms with Crippen molar-refractivity contribution in [2.24, 2.45) is 0 Å². The quantitative estimate of drug-likeness (QED) is 0.714. The van der Waals surface area contributed by atoms with Crippen LogP contribution in [0.4, 0.5) is 0 Å². The molecule has 2 heteroatoms. The summed E-state index contributed by atoms with van der Waals surface area (Å²) in [5, 5.41) is 0. The Hall–Kier alpha value is -0.0800. The summed E-state index contributed by atoms with van der Waals surface area (Å²) in [5.74, 6) is 0. The first-order valence-corrected chi connectivity index (χ1v) is 8.70. The Morgan fingerprint density at radius 1 is 0.737 bits per heavy atom. The monoisotopic (exact) mass is 268 g/mol. The van der Waals surface area contributed by atoms with Crippen LogP contribution < -0.4 is 0 Å². The average molecular weight is 268 g/mol. The van der Waals surface area contributed by atoms with Crippen LogP contribution in [-0.4, -0.2) is 49.1 Å². The number of hydrogen-bond donors (Lipinski definition) is 0. The molecule has 0 spiro atoms. The molecular weight excluding hydrogens is 232 g/mol. The third kappa shape index (κ3) is 7.31. The molecule has 2 nitrogen and oxygen atoms in total. The summed E-state index contributed by atoms with van der Waals surface area (Å²) in [5.41, 5.74) is 0. The maximum Gasteiger partial charge on any atom is 0.0112 e. The Balaban J connectivity index is 2.39. The van der Waals surface area contributed by atoms with Crippen molar-refractivity contribution in [2.45, 2.75) is 77.7 Å². The van der Waals surface area contributed by atoms with E-state index in [0.717, 1.165) is 6.04 Å². The van der Waals surface area contributed by atoms with Crippen molar-refractivity contribution in [2.75, 3.05) is 33.2 Å². The first kappa shape index (κ1) is 17.0. The third-order valence-corrected chi connectivity index (χ3v) is 4.81. The standard InChI is InChI=1S/C17H36N2/c1-4-18(3)15-16-19(5-2)17-13-11-9-7-6-8-10-12-14-17/h17H,4-16H2,1-3H3. The first-order valence-electron chi connectivity index (χ1n) is 8.70. The lowest BCUT2D eigenvalue weighted by Gasteiger charge is -2.32. The van der Waals surface area contributed by atoms with Gasteiger partial charge in [-0.3, -0.25) is 4.90 Å². The van der Waals surface area contributed by atoms with Gasteiger partial charge >= 0.3 is 0 Å². The van der Waals surface area contributed by atoms with Gasteiger partial charge in [-0.25, -0.2) is 0 Å². The summed E-state index contributed by atoms with van der Waals surface area (Å²) in [7, 11) is 2.24. The first-order chi connectivity index (χ1) is 9.27. The van der Waals surface area contributed by atoms with Crippen molar-refractivity contribution >= 4 is 0 Å². The molecular formula is C17H36N2. The molecule has 0 amide bonds. The van der Waals surface area contributed by atoms with E-state index >= 15 is 0 Å². The van der Waals surface area contributed by atoms with Crippen molar-refractivity contribution in [1.29, 1.82) is 0 Å². The highest BCUT2D eigenvalue weighted by Crippen LogP contribution is 2.20. The lowest BCUT2D eigenvalue weighted by molar-refractivity contribution is 0.158. The van der Waals surface area contributed by atoms with Crippen LogP contribution >= 0.6 is 0 Å². The second kappa shape index (κ2) is 10.7. The minimum Gasteiger partial charge on any atom is -0.305 e. The lowest BCUT2D eigenvalue weighted by Crippen LogP contribution is -2.40. The Morgan fingerprint density at radius 2 is 1.26 bits per heavy atom. The summed E-state index contributed by atoms with van der Waals surface area (Å²) in [6.45, 7) is 9.46. The van der Waals surface area contributed by atoms with Crippen LogP contribution in [0.2, 0.25) is 0 Å². The summed E-state index contributed by atoms with van der Waals surface area (Å²) in [6, 6.07) is 0.855. The molecule has 0 aromatic carbocycles. The van der Waals surface area contributed by atoms with E-state index in [1.54, 1.807) is 0 Å². The molecule has 1 aliphatic rings. The smallest absolute Gasteiger partial charge is 0.0112 e. The average Bonchev–Trinajstić information content (AvgIpc) is 2.45. The van der Waals surface area contributed by atoms with Crippen LogP contribution in [-0.2, 0) is 0 Å². The fourth-order valence-corrected chi connectivity index (χ4v) is 3.21. The molecule has 1 aliphatic carbocycles. The highest BCUT2D eigenvalue weighted by molar-refractivity contribution is 4.73. The van der Waals surface area contributed by atoms with Gasteiger partial charge in [0.1, 0.15) is 0 Å². The second-order valence-electron chi connectivity index (χ2n) is 6.23.